The highest BCUT2D eigenvalue weighted by molar-refractivity contribution is 5.85. The first kappa shape index (κ1) is 21.2. The molecule has 0 aliphatic carbocycles. The Morgan fingerprint density at radius 2 is 1.77 bits per heavy atom. The van der Waals surface area contributed by atoms with Crippen LogP contribution in [0.1, 0.15) is 32.4 Å². The Kier molecular flexibility index (Phi) is 7.92. The van der Waals surface area contributed by atoms with Crippen LogP contribution in [0.3, 0.4) is 0 Å². The molecule has 1 fully saturated rings. The van der Waals surface area contributed by atoms with Crippen LogP contribution in [0.25, 0.3) is 0 Å². The van der Waals surface area contributed by atoms with Crippen LogP contribution in [0.15, 0.2) is 12.1 Å². The molecule has 0 amide bonds. The van der Waals surface area contributed by atoms with E-state index in [4.69, 9.17) is 5.73 Å². The summed E-state index contributed by atoms with van der Waals surface area (Å²) in [4.78, 5) is 2.32. The van der Waals surface area contributed by atoms with Gasteiger partial charge in [0.2, 0.25) is 0 Å². The molecule has 0 bridgehead atoms. The minimum atomic E-state index is -0.570. The van der Waals surface area contributed by atoms with E-state index in [1.54, 1.807) is 6.07 Å². The average Bonchev–Trinajstić information content (AvgIpc) is 2.39. The molecule has 0 unspecified atom stereocenters. The molecule has 0 aromatic heterocycles. The van der Waals surface area contributed by atoms with Crippen LogP contribution in [-0.4, -0.2) is 36.2 Å². The van der Waals surface area contributed by atoms with E-state index in [1.165, 1.54) is 6.07 Å². The molecule has 1 heterocycles. The van der Waals surface area contributed by atoms with E-state index in [1.807, 2.05) is 0 Å². The molecule has 128 valence electrons. The lowest BCUT2D eigenvalue weighted by atomic mass is 9.80. The number of nitrogens with one attached hydrogen (secondary N) is 1. The average molecular weight is 354 g/mol. The van der Waals surface area contributed by atoms with Gasteiger partial charge in [0.25, 0.3) is 0 Å². The number of benzene rings is 1. The molecular weight excluding hydrogens is 328 g/mol. The van der Waals surface area contributed by atoms with Crippen molar-refractivity contribution in [3.8, 4) is 5.75 Å². The summed E-state index contributed by atoms with van der Waals surface area (Å²) >= 11 is 0. The molecule has 0 saturated carbocycles. The quantitative estimate of drug-likeness (QED) is 0.565. The molecular formula is C15H26Cl2FN3O. The predicted molar refractivity (Wildman–Crippen MR) is 93.6 cm³/mol. The molecule has 22 heavy (non-hydrogen) atoms. The third-order valence-electron chi connectivity index (χ3n) is 3.83. The molecule has 1 aliphatic rings. The Morgan fingerprint density at radius 1 is 1.23 bits per heavy atom. The van der Waals surface area contributed by atoms with Gasteiger partial charge in [-0.15, -0.1) is 24.8 Å². The minimum Gasteiger partial charge on any atom is -0.505 e. The van der Waals surface area contributed by atoms with Crippen LogP contribution in [0.4, 0.5) is 10.1 Å². The number of halogens is 3. The second-order valence-electron chi connectivity index (χ2n) is 6.45. The maximum Gasteiger partial charge on any atom is 0.149 e. The topological polar surface area (TPSA) is 61.5 Å². The van der Waals surface area contributed by atoms with Crippen molar-refractivity contribution in [1.29, 1.82) is 0 Å². The van der Waals surface area contributed by atoms with E-state index in [9.17, 15) is 9.50 Å². The third kappa shape index (κ3) is 4.38. The lowest BCUT2D eigenvalue weighted by molar-refractivity contribution is 0.0842. The first-order valence-electron chi connectivity index (χ1n) is 7.04. The van der Waals surface area contributed by atoms with Gasteiger partial charge in [0.1, 0.15) is 17.3 Å². The van der Waals surface area contributed by atoms with Gasteiger partial charge in [0, 0.05) is 37.8 Å². The van der Waals surface area contributed by atoms with E-state index in [0.717, 1.165) is 26.2 Å². The van der Waals surface area contributed by atoms with Crippen LogP contribution < -0.4 is 11.1 Å². The minimum absolute atomic E-state index is 0. The van der Waals surface area contributed by atoms with Crippen molar-refractivity contribution < 1.29 is 9.50 Å². The fourth-order valence-corrected chi connectivity index (χ4v) is 2.97. The summed E-state index contributed by atoms with van der Waals surface area (Å²) in [7, 11) is 0. The summed E-state index contributed by atoms with van der Waals surface area (Å²) in [5, 5.41) is 13.6. The number of aromatic hydroxyl groups is 1. The van der Waals surface area contributed by atoms with Gasteiger partial charge in [-0.3, -0.25) is 4.90 Å². The fraction of sp³-hybridized carbons (Fsp3) is 0.600. The van der Waals surface area contributed by atoms with Crippen LogP contribution in [0.2, 0.25) is 0 Å². The van der Waals surface area contributed by atoms with Gasteiger partial charge in [0.15, 0.2) is 0 Å². The molecule has 7 heteroatoms. The van der Waals surface area contributed by atoms with Crippen molar-refractivity contribution in [2.75, 3.05) is 31.9 Å². The molecule has 0 radical (unpaired) electrons. The Morgan fingerprint density at radius 3 is 2.27 bits per heavy atom. The summed E-state index contributed by atoms with van der Waals surface area (Å²) in [6.45, 7) is 10.0. The van der Waals surface area contributed by atoms with Crippen molar-refractivity contribution in [3.05, 3.63) is 23.5 Å². The largest absolute Gasteiger partial charge is 0.505 e. The van der Waals surface area contributed by atoms with Crippen LogP contribution in [0, 0.1) is 11.2 Å². The summed E-state index contributed by atoms with van der Waals surface area (Å²) in [5.41, 5.74) is 6.10. The number of hydrogen-bond acceptors (Lipinski definition) is 4. The normalized spacial score (nSPS) is 17.3. The maximum absolute atomic E-state index is 13.5. The molecule has 2 rings (SSSR count). The van der Waals surface area contributed by atoms with E-state index >= 15 is 0 Å². The molecule has 1 aromatic carbocycles. The van der Waals surface area contributed by atoms with Gasteiger partial charge in [-0.05, 0) is 11.5 Å². The predicted octanol–water partition coefficient (Wildman–Crippen LogP) is 2.95. The summed E-state index contributed by atoms with van der Waals surface area (Å²) in [5.74, 6) is -0.692. The zero-order valence-corrected chi connectivity index (χ0v) is 14.9. The number of phenolic OH excluding ortho intramolecular Hbond substituents is 1. The zero-order valence-electron chi connectivity index (χ0n) is 13.2. The summed E-state index contributed by atoms with van der Waals surface area (Å²) in [6, 6.07) is 3.00. The number of nitrogens with two attached hydrogens (primary N) is 1. The first-order chi connectivity index (χ1) is 9.32. The third-order valence-corrected chi connectivity index (χ3v) is 3.83. The number of nitrogen functional groups attached to an aromatic ring is 1. The summed E-state index contributed by atoms with van der Waals surface area (Å²) in [6.07, 6.45) is 0. The van der Waals surface area contributed by atoms with Crippen molar-refractivity contribution in [3.63, 3.8) is 0 Å². The number of piperazine rings is 1. The highest BCUT2D eigenvalue weighted by atomic mass is 35.5. The Hall–Kier alpha value is -0.750. The first-order valence-corrected chi connectivity index (χ1v) is 7.04. The number of nitrogens with zero attached hydrogens (tertiary/aromatic N) is 1. The van der Waals surface area contributed by atoms with Crippen molar-refractivity contribution >= 4 is 30.5 Å². The second kappa shape index (κ2) is 8.20. The second-order valence-corrected chi connectivity index (χ2v) is 6.45. The van der Waals surface area contributed by atoms with Gasteiger partial charge in [-0.1, -0.05) is 26.8 Å². The lowest BCUT2D eigenvalue weighted by Crippen LogP contribution is -2.48. The molecule has 1 atom stereocenters. The summed E-state index contributed by atoms with van der Waals surface area (Å²) < 4.78 is 13.5. The van der Waals surface area contributed by atoms with Gasteiger partial charge in [0.05, 0.1) is 0 Å². The van der Waals surface area contributed by atoms with Gasteiger partial charge >= 0.3 is 0 Å². The Bertz CT molecular complexity index is 488. The van der Waals surface area contributed by atoms with Gasteiger partial charge in [-0.2, -0.15) is 0 Å². The SMILES string of the molecule is CC(C)(C)[C@H](c1ccc(F)c(N)c1O)N1CCNCC1.Cl.Cl. The molecule has 0 spiro atoms. The zero-order chi connectivity index (χ0) is 14.9. The highest BCUT2D eigenvalue weighted by Crippen LogP contribution is 2.43. The van der Waals surface area contributed by atoms with Crippen molar-refractivity contribution in [1.82, 2.24) is 10.2 Å². The Balaban J connectivity index is 0.00000220. The molecule has 1 aromatic rings. The molecule has 1 saturated heterocycles. The van der Waals surface area contributed by atoms with E-state index < -0.39 is 5.82 Å². The number of rotatable bonds is 2. The van der Waals surface area contributed by atoms with Crippen LogP contribution >= 0.6 is 24.8 Å². The van der Waals surface area contributed by atoms with Crippen molar-refractivity contribution in [2.24, 2.45) is 5.41 Å². The number of hydrogen-bond donors (Lipinski definition) is 3. The number of phenols is 1. The van der Waals surface area contributed by atoms with Gasteiger partial charge in [-0.25, -0.2) is 4.39 Å². The van der Waals surface area contributed by atoms with E-state index in [-0.39, 0.29) is 47.7 Å². The number of anilines is 1. The molecule has 1 aliphatic heterocycles. The smallest absolute Gasteiger partial charge is 0.149 e. The monoisotopic (exact) mass is 353 g/mol. The standard InChI is InChI=1S/C15H24FN3O.2ClH/c1-15(2,3)14(19-8-6-18-7-9-19)10-4-5-11(16)12(17)13(10)20;;/h4-5,14,18,20H,6-9,17H2,1-3H3;2*1H/t14-;;/m0../s1. The maximum atomic E-state index is 13.5. The fourth-order valence-electron chi connectivity index (χ4n) is 2.97. The Labute approximate surface area is 144 Å². The molecule has 4 N–H and O–H groups in total. The van der Waals surface area contributed by atoms with E-state index in [2.05, 4.69) is 31.0 Å². The lowest BCUT2D eigenvalue weighted by Gasteiger charge is -2.42. The molecule has 4 nitrogen and oxygen atoms in total. The van der Waals surface area contributed by atoms with Gasteiger partial charge < -0.3 is 16.2 Å². The van der Waals surface area contributed by atoms with Crippen molar-refractivity contribution in [2.45, 2.75) is 26.8 Å². The van der Waals surface area contributed by atoms with E-state index in [0.29, 0.717) is 5.56 Å². The van der Waals surface area contributed by atoms with Crippen LogP contribution in [0.5, 0.6) is 5.75 Å². The highest BCUT2D eigenvalue weighted by Gasteiger charge is 2.34. The van der Waals surface area contributed by atoms with Crippen LogP contribution in [-0.2, 0) is 0 Å².